The third-order valence-electron chi connectivity index (χ3n) is 6.75. The van der Waals surface area contributed by atoms with Crippen molar-refractivity contribution in [3.05, 3.63) is 107 Å². The molecule has 2 aliphatic rings. The number of nitriles is 2. The third kappa shape index (κ3) is 5.10. The molecule has 180 valence electrons. The van der Waals surface area contributed by atoms with E-state index in [0.29, 0.717) is 22.6 Å². The summed E-state index contributed by atoms with van der Waals surface area (Å²) in [5.41, 5.74) is 7.18. The molecule has 2 heterocycles. The van der Waals surface area contributed by atoms with Crippen LogP contribution in [0.15, 0.2) is 84.9 Å². The first kappa shape index (κ1) is 23.0. The minimum atomic E-state index is 0.238. The van der Waals surface area contributed by atoms with Gasteiger partial charge in [0.25, 0.3) is 0 Å². The topological polar surface area (TPSA) is 81.9 Å². The molecule has 4 aromatic rings. The molecule has 2 atom stereocenters. The van der Waals surface area contributed by atoms with Crippen molar-refractivity contribution in [3.8, 4) is 45.9 Å². The highest BCUT2D eigenvalue weighted by Crippen LogP contribution is 2.41. The van der Waals surface area contributed by atoms with Crippen molar-refractivity contribution in [2.75, 3.05) is 13.2 Å². The zero-order valence-electron chi connectivity index (χ0n) is 20.2. The molecule has 2 aliphatic heterocycles. The molecule has 6 rings (SSSR count). The van der Waals surface area contributed by atoms with Crippen LogP contribution in [0.5, 0.6) is 11.5 Å². The van der Waals surface area contributed by atoms with E-state index >= 15 is 0 Å². The van der Waals surface area contributed by atoms with Gasteiger partial charge in [0, 0.05) is 24.0 Å². The number of ether oxygens (including phenoxy) is 3. The van der Waals surface area contributed by atoms with Crippen LogP contribution < -0.4 is 4.74 Å². The summed E-state index contributed by atoms with van der Waals surface area (Å²) in [7, 11) is 0. The molecule has 0 saturated carbocycles. The van der Waals surface area contributed by atoms with E-state index in [-0.39, 0.29) is 12.2 Å². The molecule has 2 unspecified atom stereocenters. The number of epoxide rings is 2. The monoisotopic (exact) mass is 484 g/mol. The molecule has 5 heteroatoms. The average Bonchev–Trinajstić information content (AvgIpc) is 3.88. The maximum absolute atomic E-state index is 9.62. The minimum absolute atomic E-state index is 0.238. The van der Waals surface area contributed by atoms with Gasteiger partial charge in [0.05, 0.1) is 48.7 Å². The molecule has 0 radical (unpaired) electrons. The van der Waals surface area contributed by atoms with Gasteiger partial charge in [-0.15, -0.1) is 0 Å². The van der Waals surface area contributed by atoms with Crippen molar-refractivity contribution in [1.82, 2.24) is 0 Å². The predicted octanol–water partition coefficient (Wildman–Crippen LogP) is 6.44. The van der Waals surface area contributed by atoms with Crippen molar-refractivity contribution in [2.24, 2.45) is 0 Å². The summed E-state index contributed by atoms with van der Waals surface area (Å²) in [6.07, 6.45) is 2.10. The molecular formula is C32H24N2O3. The Bertz CT molecular complexity index is 1440. The average molecular weight is 485 g/mol. The Kier molecular flexibility index (Phi) is 6.16. The van der Waals surface area contributed by atoms with E-state index < -0.39 is 0 Å². The SMILES string of the molecule is N#Cc1ccc(Oc2ccc(C#N)cc2-c2ccccc2CC2CO2)c(-c2ccccc2CC2CO2)c1. The second-order valence-electron chi connectivity index (χ2n) is 9.38. The Morgan fingerprint density at radius 3 is 1.46 bits per heavy atom. The summed E-state index contributed by atoms with van der Waals surface area (Å²) in [5.74, 6) is 1.30. The fourth-order valence-electron chi connectivity index (χ4n) is 4.70. The van der Waals surface area contributed by atoms with Crippen LogP contribution in [0.25, 0.3) is 22.3 Å². The number of hydrogen-bond acceptors (Lipinski definition) is 5. The fraction of sp³-hybridized carbons (Fsp3) is 0.188. The van der Waals surface area contributed by atoms with E-state index in [1.807, 2.05) is 48.5 Å². The van der Waals surface area contributed by atoms with Gasteiger partial charge in [-0.25, -0.2) is 0 Å². The zero-order chi connectivity index (χ0) is 25.2. The second kappa shape index (κ2) is 9.91. The van der Waals surface area contributed by atoms with Crippen molar-refractivity contribution < 1.29 is 14.2 Å². The van der Waals surface area contributed by atoms with Crippen molar-refractivity contribution in [1.29, 1.82) is 10.5 Å². The molecular weight excluding hydrogens is 460 g/mol. The van der Waals surface area contributed by atoms with Gasteiger partial charge in [-0.3, -0.25) is 0 Å². The van der Waals surface area contributed by atoms with Crippen molar-refractivity contribution >= 4 is 0 Å². The van der Waals surface area contributed by atoms with Gasteiger partial charge in [-0.05, 0) is 58.7 Å². The maximum atomic E-state index is 9.62. The van der Waals surface area contributed by atoms with Crippen LogP contribution in [0.4, 0.5) is 0 Å². The first-order chi connectivity index (χ1) is 18.2. The Morgan fingerprint density at radius 1 is 0.622 bits per heavy atom. The van der Waals surface area contributed by atoms with Crippen LogP contribution in [0, 0.1) is 22.7 Å². The molecule has 0 amide bonds. The number of benzene rings is 4. The molecule has 2 fully saturated rings. The lowest BCUT2D eigenvalue weighted by Crippen LogP contribution is -1.99. The van der Waals surface area contributed by atoms with Gasteiger partial charge in [0.1, 0.15) is 11.5 Å². The molecule has 0 bridgehead atoms. The first-order valence-electron chi connectivity index (χ1n) is 12.4. The highest BCUT2D eigenvalue weighted by atomic mass is 16.6. The van der Waals surface area contributed by atoms with Gasteiger partial charge >= 0.3 is 0 Å². The Labute approximate surface area is 216 Å². The van der Waals surface area contributed by atoms with Gasteiger partial charge in [-0.1, -0.05) is 48.5 Å². The minimum Gasteiger partial charge on any atom is -0.456 e. The standard InChI is InChI=1S/C32H24N2O3/c33-17-21-9-11-31(29(13-21)27-7-3-1-5-23(27)15-25-19-35-25)37-32-12-10-22(18-34)14-30(32)28-8-4-2-6-24(28)16-26-20-36-26/h1-14,25-26H,15-16,19-20H2. The van der Waals surface area contributed by atoms with E-state index in [1.165, 1.54) is 0 Å². The Balaban J connectivity index is 1.45. The Morgan fingerprint density at radius 2 is 1.05 bits per heavy atom. The van der Waals surface area contributed by atoms with Crippen LogP contribution in [0.3, 0.4) is 0 Å². The quantitative estimate of drug-likeness (QED) is 0.269. The molecule has 0 aliphatic carbocycles. The molecule has 0 spiro atoms. The van der Waals surface area contributed by atoms with Crippen LogP contribution in [0.1, 0.15) is 22.3 Å². The highest BCUT2D eigenvalue weighted by Gasteiger charge is 2.26. The van der Waals surface area contributed by atoms with Gasteiger partial charge in [-0.2, -0.15) is 10.5 Å². The predicted molar refractivity (Wildman–Crippen MR) is 140 cm³/mol. The zero-order valence-corrected chi connectivity index (χ0v) is 20.2. The van der Waals surface area contributed by atoms with Crippen LogP contribution in [-0.2, 0) is 22.3 Å². The number of rotatable bonds is 8. The van der Waals surface area contributed by atoms with Crippen LogP contribution in [0.2, 0.25) is 0 Å². The van der Waals surface area contributed by atoms with Crippen LogP contribution in [-0.4, -0.2) is 25.4 Å². The summed E-state index contributed by atoms with van der Waals surface area (Å²) in [5, 5.41) is 19.2. The second-order valence-corrected chi connectivity index (χ2v) is 9.38. The smallest absolute Gasteiger partial charge is 0.135 e. The van der Waals surface area contributed by atoms with Gasteiger partial charge < -0.3 is 14.2 Å². The van der Waals surface area contributed by atoms with Gasteiger partial charge in [0.15, 0.2) is 0 Å². The van der Waals surface area contributed by atoms with Gasteiger partial charge in [0.2, 0.25) is 0 Å². The molecule has 0 aromatic heterocycles. The normalized spacial score (nSPS) is 17.5. The lowest BCUT2D eigenvalue weighted by molar-refractivity contribution is 0.407. The van der Waals surface area contributed by atoms with Crippen LogP contribution >= 0.6 is 0 Å². The number of nitrogens with zero attached hydrogens (tertiary/aromatic N) is 2. The largest absolute Gasteiger partial charge is 0.456 e. The molecule has 2 saturated heterocycles. The Hall–Kier alpha value is -4.42. The molecule has 0 N–H and O–H groups in total. The van der Waals surface area contributed by atoms with E-state index in [1.54, 1.807) is 12.1 Å². The molecule has 5 nitrogen and oxygen atoms in total. The van der Waals surface area contributed by atoms with Crippen molar-refractivity contribution in [2.45, 2.75) is 25.0 Å². The summed E-state index contributed by atoms with van der Waals surface area (Å²) < 4.78 is 17.6. The first-order valence-corrected chi connectivity index (χ1v) is 12.4. The fourth-order valence-corrected chi connectivity index (χ4v) is 4.70. The summed E-state index contributed by atoms with van der Waals surface area (Å²) >= 11 is 0. The maximum Gasteiger partial charge on any atom is 0.135 e. The van der Waals surface area contributed by atoms with E-state index in [4.69, 9.17) is 14.2 Å². The summed E-state index contributed by atoms with van der Waals surface area (Å²) in [6.45, 7) is 1.55. The summed E-state index contributed by atoms with van der Waals surface area (Å²) in [6, 6.07) is 31.9. The molecule has 4 aromatic carbocycles. The highest BCUT2D eigenvalue weighted by molar-refractivity contribution is 5.78. The lowest BCUT2D eigenvalue weighted by Gasteiger charge is -2.18. The lowest BCUT2D eigenvalue weighted by atomic mass is 9.94. The van der Waals surface area contributed by atoms with E-state index in [9.17, 15) is 10.5 Å². The van der Waals surface area contributed by atoms with E-state index in [2.05, 4.69) is 36.4 Å². The summed E-state index contributed by atoms with van der Waals surface area (Å²) in [4.78, 5) is 0. The van der Waals surface area contributed by atoms with Crippen molar-refractivity contribution in [3.63, 3.8) is 0 Å². The molecule has 37 heavy (non-hydrogen) atoms. The number of hydrogen-bond donors (Lipinski definition) is 0. The third-order valence-corrected chi connectivity index (χ3v) is 6.75. The van der Waals surface area contributed by atoms with E-state index in [0.717, 1.165) is 59.4 Å².